The molecule has 0 bridgehead atoms. The number of rotatable bonds is 3. The predicted octanol–water partition coefficient (Wildman–Crippen LogP) is 3.27. The fourth-order valence-electron chi connectivity index (χ4n) is 2.38. The van der Waals surface area contributed by atoms with Crippen LogP contribution in [0.15, 0.2) is 30.9 Å². The van der Waals surface area contributed by atoms with Crippen LogP contribution in [0.3, 0.4) is 0 Å². The molecule has 2 N–H and O–H groups in total. The van der Waals surface area contributed by atoms with E-state index in [2.05, 4.69) is 17.2 Å². The fourth-order valence-corrected chi connectivity index (χ4v) is 2.60. The van der Waals surface area contributed by atoms with Crippen molar-refractivity contribution in [1.82, 2.24) is 10.2 Å². The molecule has 1 heterocycles. The Bertz CT molecular complexity index is 664. The molecule has 0 radical (unpaired) electrons. The number of anilines is 1. The molecule has 3 amide bonds. The van der Waals surface area contributed by atoms with Crippen molar-refractivity contribution in [3.8, 4) is 0 Å². The van der Waals surface area contributed by atoms with Gasteiger partial charge in [-0.05, 0) is 30.7 Å². The number of nitrogens with one attached hydrogen (secondary N) is 2. The number of carbonyl (C=O) groups is 2. The van der Waals surface area contributed by atoms with Crippen LogP contribution in [0.4, 0.5) is 23.7 Å². The van der Waals surface area contributed by atoms with E-state index >= 15 is 0 Å². The molecule has 0 aliphatic carbocycles. The molecule has 0 spiro atoms. The molecule has 1 atom stereocenters. The molecule has 0 saturated carbocycles. The van der Waals surface area contributed by atoms with Gasteiger partial charge in [0, 0.05) is 24.8 Å². The van der Waals surface area contributed by atoms with Crippen molar-refractivity contribution in [2.24, 2.45) is 0 Å². The molecular formula is C15H15ClF3N3O2. The summed E-state index contributed by atoms with van der Waals surface area (Å²) in [6, 6.07) is 2.19. The SMILES string of the molecule is C=CC(=O)N1CC[C@H](NC(=O)Nc2ccc(Cl)c(C(F)(F)F)c2)C1. The quantitative estimate of drug-likeness (QED) is 0.812. The Labute approximate surface area is 141 Å². The summed E-state index contributed by atoms with van der Waals surface area (Å²) < 4.78 is 38.4. The van der Waals surface area contributed by atoms with Crippen molar-refractivity contribution < 1.29 is 22.8 Å². The van der Waals surface area contributed by atoms with Gasteiger partial charge >= 0.3 is 12.2 Å². The minimum absolute atomic E-state index is 0.0266. The number of carbonyl (C=O) groups excluding carboxylic acids is 2. The van der Waals surface area contributed by atoms with Gasteiger partial charge in [-0.1, -0.05) is 18.2 Å². The Hall–Kier alpha value is -2.22. The lowest BCUT2D eigenvalue weighted by Crippen LogP contribution is -2.40. The molecule has 9 heteroatoms. The van der Waals surface area contributed by atoms with Crippen molar-refractivity contribution in [1.29, 1.82) is 0 Å². The highest BCUT2D eigenvalue weighted by Crippen LogP contribution is 2.36. The molecule has 0 unspecified atom stereocenters. The first-order valence-electron chi connectivity index (χ1n) is 7.06. The molecule has 24 heavy (non-hydrogen) atoms. The number of alkyl halides is 3. The number of nitrogens with zero attached hydrogens (tertiary/aromatic N) is 1. The Morgan fingerprint density at radius 2 is 2.08 bits per heavy atom. The largest absolute Gasteiger partial charge is 0.417 e. The van der Waals surface area contributed by atoms with Crippen LogP contribution < -0.4 is 10.6 Å². The third-order valence-electron chi connectivity index (χ3n) is 3.54. The van der Waals surface area contributed by atoms with Crippen molar-refractivity contribution in [2.75, 3.05) is 18.4 Å². The standard InChI is InChI=1S/C15H15ClF3N3O2/c1-2-13(23)22-6-5-10(8-22)21-14(24)20-9-3-4-12(16)11(7-9)15(17,18)19/h2-4,7,10H,1,5-6,8H2,(H2,20,21,24)/t10-/m0/s1. The summed E-state index contributed by atoms with van der Waals surface area (Å²) in [6.45, 7) is 4.20. The van der Waals surface area contributed by atoms with Gasteiger partial charge in [0.05, 0.1) is 10.6 Å². The van der Waals surface area contributed by atoms with Crippen molar-refractivity contribution in [3.63, 3.8) is 0 Å². The van der Waals surface area contributed by atoms with Gasteiger partial charge in [-0.25, -0.2) is 4.79 Å². The van der Waals surface area contributed by atoms with E-state index in [-0.39, 0.29) is 17.6 Å². The first kappa shape index (κ1) is 18.1. The summed E-state index contributed by atoms with van der Waals surface area (Å²) in [4.78, 5) is 24.9. The second kappa shape index (κ2) is 7.12. The van der Waals surface area contributed by atoms with E-state index < -0.39 is 22.8 Å². The Balaban J connectivity index is 1.96. The van der Waals surface area contributed by atoms with E-state index in [9.17, 15) is 22.8 Å². The lowest BCUT2D eigenvalue weighted by Gasteiger charge is -2.16. The molecule has 1 aromatic rings. The number of benzene rings is 1. The van der Waals surface area contributed by atoms with E-state index in [1.54, 1.807) is 0 Å². The number of hydrogen-bond donors (Lipinski definition) is 2. The van der Waals surface area contributed by atoms with Gasteiger partial charge in [0.2, 0.25) is 5.91 Å². The van der Waals surface area contributed by atoms with Gasteiger partial charge in [-0.15, -0.1) is 0 Å². The van der Waals surface area contributed by atoms with Gasteiger partial charge in [0.15, 0.2) is 0 Å². The second-order valence-corrected chi connectivity index (χ2v) is 5.67. The molecule has 1 aliphatic rings. The summed E-state index contributed by atoms with van der Waals surface area (Å²) in [5.74, 6) is -0.229. The topological polar surface area (TPSA) is 61.4 Å². The second-order valence-electron chi connectivity index (χ2n) is 5.26. The fraction of sp³-hybridized carbons (Fsp3) is 0.333. The number of amides is 3. The molecule has 2 rings (SSSR count). The normalized spacial score (nSPS) is 17.5. The maximum absolute atomic E-state index is 12.8. The van der Waals surface area contributed by atoms with Gasteiger partial charge < -0.3 is 15.5 Å². The number of likely N-dealkylation sites (tertiary alicyclic amines) is 1. The summed E-state index contributed by atoms with van der Waals surface area (Å²) in [7, 11) is 0. The van der Waals surface area contributed by atoms with Gasteiger partial charge in [0.25, 0.3) is 0 Å². The maximum atomic E-state index is 12.8. The lowest BCUT2D eigenvalue weighted by molar-refractivity contribution is -0.137. The van der Waals surface area contributed by atoms with Crippen molar-refractivity contribution >= 4 is 29.2 Å². The van der Waals surface area contributed by atoms with E-state index in [0.717, 1.165) is 12.1 Å². The summed E-state index contributed by atoms with van der Waals surface area (Å²) >= 11 is 5.52. The molecule has 1 fully saturated rings. The first-order chi connectivity index (χ1) is 11.2. The Morgan fingerprint density at radius 1 is 1.38 bits per heavy atom. The van der Waals surface area contributed by atoms with Crippen LogP contribution in [0, 0.1) is 0 Å². The van der Waals surface area contributed by atoms with Gasteiger partial charge in [0.1, 0.15) is 0 Å². The summed E-state index contributed by atoms with van der Waals surface area (Å²) in [6.07, 6.45) is -2.86. The maximum Gasteiger partial charge on any atom is 0.417 e. The smallest absolute Gasteiger partial charge is 0.337 e. The van der Waals surface area contributed by atoms with Crippen LogP contribution in [0.5, 0.6) is 0 Å². The zero-order valence-electron chi connectivity index (χ0n) is 12.5. The van der Waals surface area contributed by atoms with E-state index in [0.29, 0.717) is 19.5 Å². The molecular weight excluding hydrogens is 347 g/mol. The molecule has 5 nitrogen and oxygen atoms in total. The van der Waals surface area contributed by atoms with E-state index in [1.165, 1.54) is 17.0 Å². The highest BCUT2D eigenvalue weighted by molar-refractivity contribution is 6.31. The van der Waals surface area contributed by atoms with E-state index in [4.69, 9.17) is 11.6 Å². The average Bonchev–Trinajstić information content (AvgIpc) is 2.95. The Morgan fingerprint density at radius 3 is 2.71 bits per heavy atom. The van der Waals surface area contributed by atoms with Crippen LogP contribution in [0.2, 0.25) is 5.02 Å². The van der Waals surface area contributed by atoms with Crippen LogP contribution in [-0.2, 0) is 11.0 Å². The minimum atomic E-state index is -4.61. The van der Waals surface area contributed by atoms with E-state index in [1.807, 2.05) is 0 Å². The zero-order chi connectivity index (χ0) is 17.9. The monoisotopic (exact) mass is 361 g/mol. The number of urea groups is 1. The van der Waals surface area contributed by atoms with Crippen LogP contribution in [0.1, 0.15) is 12.0 Å². The lowest BCUT2D eigenvalue weighted by atomic mass is 10.2. The molecule has 1 aliphatic heterocycles. The average molecular weight is 362 g/mol. The van der Waals surface area contributed by atoms with Gasteiger partial charge in [-0.2, -0.15) is 13.2 Å². The van der Waals surface area contributed by atoms with Crippen molar-refractivity contribution in [3.05, 3.63) is 41.4 Å². The molecule has 130 valence electrons. The Kier molecular flexibility index (Phi) is 5.38. The first-order valence-corrected chi connectivity index (χ1v) is 7.44. The van der Waals surface area contributed by atoms with Gasteiger partial charge in [-0.3, -0.25) is 4.79 Å². The third kappa shape index (κ3) is 4.41. The number of halogens is 4. The predicted molar refractivity (Wildman–Crippen MR) is 83.8 cm³/mol. The highest BCUT2D eigenvalue weighted by Gasteiger charge is 2.33. The number of hydrogen-bond acceptors (Lipinski definition) is 2. The summed E-state index contributed by atoms with van der Waals surface area (Å²) in [5, 5.41) is 4.51. The summed E-state index contributed by atoms with van der Waals surface area (Å²) in [5.41, 5.74) is -1.05. The van der Waals surface area contributed by atoms with Crippen molar-refractivity contribution in [2.45, 2.75) is 18.6 Å². The van der Waals surface area contributed by atoms with Crippen LogP contribution >= 0.6 is 11.6 Å². The molecule has 0 aromatic heterocycles. The van der Waals surface area contributed by atoms with Crippen LogP contribution in [0.25, 0.3) is 0 Å². The van der Waals surface area contributed by atoms with Crippen LogP contribution in [-0.4, -0.2) is 36.0 Å². The molecule has 1 saturated heterocycles. The molecule has 1 aromatic carbocycles. The zero-order valence-corrected chi connectivity index (χ0v) is 13.2. The highest BCUT2D eigenvalue weighted by atomic mass is 35.5. The minimum Gasteiger partial charge on any atom is -0.337 e. The third-order valence-corrected chi connectivity index (χ3v) is 3.87.